The predicted octanol–water partition coefficient (Wildman–Crippen LogP) is 3.29. The molecule has 0 atom stereocenters. The number of carbonyl (C=O) groups is 2. The van der Waals surface area contributed by atoms with Crippen LogP contribution in [-0.4, -0.2) is 59.5 Å². The highest BCUT2D eigenvalue weighted by Gasteiger charge is 2.24. The standard InChI is InChI=1S/C24H22N4O6/c29-22(27-15-13-26(14-16-27)18-8-10-19(11-9-18)28(31)32)17-33-24(30)21-7-4-12-25-23(21)34-20-5-2-1-3-6-20/h1-12H,13-17H2. The molecule has 0 unspecified atom stereocenters. The molecule has 174 valence electrons. The number of nitrogens with zero attached hydrogens (tertiary/aromatic N) is 4. The first-order valence-electron chi connectivity index (χ1n) is 10.6. The summed E-state index contributed by atoms with van der Waals surface area (Å²) in [6.45, 7) is 1.63. The fraction of sp³-hybridized carbons (Fsp3) is 0.208. The maximum absolute atomic E-state index is 12.6. The van der Waals surface area contributed by atoms with Gasteiger partial charge in [-0.25, -0.2) is 9.78 Å². The summed E-state index contributed by atoms with van der Waals surface area (Å²) in [7, 11) is 0. The van der Waals surface area contributed by atoms with Crippen molar-refractivity contribution in [1.82, 2.24) is 9.88 Å². The van der Waals surface area contributed by atoms with Crippen molar-refractivity contribution in [3.8, 4) is 11.6 Å². The number of ether oxygens (including phenoxy) is 2. The van der Waals surface area contributed by atoms with E-state index in [4.69, 9.17) is 9.47 Å². The van der Waals surface area contributed by atoms with Crippen molar-refractivity contribution in [3.05, 3.63) is 88.6 Å². The molecule has 1 aromatic heterocycles. The maximum atomic E-state index is 12.6. The summed E-state index contributed by atoms with van der Waals surface area (Å²) in [5, 5.41) is 10.8. The zero-order valence-corrected chi connectivity index (χ0v) is 18.2. The van der Waals surface area contributed by atoms with Crippen molar-refractivity contribution in [2.45, 2.75) is 0 Å². The van der Waals surface area contributed by atoms with Gasteiger partial charge in [0.05, 0.1) is 4.92 Å². The van der Waals surface area contributed by atoms with Crippen molar-refractivity contribution in [2.75, 3.05) is 37.7 Å². The van der Waals surface area contributed by atoms with Crippen molar-refractivity contribution in [3.63, 3.8) is 0 Å². The van der Waals surface area contributed by atoms with Crippen molar-refractivity contribution in [2.24, 2.45) is 0 Å². The summed E-state index contributed by atoms with van der Waals surface area (Å²) in [5.41, 5.74) is 1.01. The van der Waals surface area contributed by atoms with Gasteiger partial charge in [0, 0.05) is 50.2 Å². The molecule has 3 aromatic rings. The number of esters is 1. The van der Waals surface area contributed by atoms with E-state index in [1.165, 1.54) is 24.4 Å². The van der Waals surface area contributed by atoms with Gasteiger partial charge < -0.3 is 19.3 Å². The third-order valence-corrected chi connectivity index (χ3v) is 5.33. The molecule has 1 aliphatic rings. The number of para-hydroxylation sites is 1. The maximum Gasteiger partial charge on any atom is 0.344 e. The van der Waals surface area contributed by atoms with Crippen LogP contribution in [0, 0.1) is 10.1 Å². The van der Waals surface area contributed by atoms with Gasteiger partial charge >= 0.3 is 5.97 Å². The van der Waals surface area contributed by atoms with Gasteiger partial charge in [-0.1, -0.05) is 18.2 Å². The molecular formula is C24H22N4O6. The monoisotopic (exact) mass is 462 g/mol. The van der Waals surface area contributed by atoms with Crippen LogP contribution in [0.1, 0.15) is 10.4 Å². The van der Waals surface area contributed by atoms with Crippen molar-refractivity contribution in [1.29, 1.82) is 0 Å². The van der Waals surface area contributed by atoms with Crippen LogP contribution in [0.3, 0.4) is 0 Å². The average Bonchev–Trinajstić information content (AvgIpc) is 2.88. The fourth-order valence-corrected chi connectivity index (χ4v) is 3.52. The molecule has 2 aromatic carbocycles. The van der Waals surface area contributed by atoms with Gasteiger partial charge in [0.2, 0.25) is 5.88 Å². The molecule has 4 rings (SSSR count). The van der Waals surface area contributed by atoms with Gasteiger partial charge in [0.15, 0.2) is 6.61 Å². The molecule has 0 N–H and O–H groups in total. The van der Waals surface area contributed by atoms with Crippen LogP contribution in [0.2, 0.25) is 0 Å². The van der Waals surface area contributed by atoms with Crippen LogP contribution in [0.5, 0.6) is 11.6 Å². The number of benzene rings is 2. The average molecular weight is 462 g/mol. The van der Waals surface area contributed by atoms with Gasteiger partial charge in [-0.3, -0.25) is 14.9 Å². The van der Waals surface area contributed by atoms with Crippen LogP contribution in [0.25, 0.3) is 0 Å². The van der Waals surface area contributed by atoms with Crippen LogP contribution in [0.15, 0.2) is 72.9 Å². The number of rotatable bonds is 7. The highest BCUT2D eigenvalue weighted by molar-refractivity contribution is 5.93. The second kappa shape index (κ2) is 10.4. The van der Waals surface area contributed by atoms with Crippen molar-refractivity contribution < 1.29 is 24.0 Å². The lowest BCUT2D eigenvalue weighted by Gasteiger charge is -2.36. The first kappa shape index (κ1) is 22.7. The second-order valence-corrected chi connectivity index (χ2v) is 7.49. The minimum absolute atomic E-state index is 0.0327. The van der Waals surface area contributed by atoms with Crippen LogP contribution in [-0.2, 0) is 9.53 Å². The molecule has 0 saturated carbocycles. The molecule has 0 radical (unpaired) electrons. The summed E-state index contributed by atoms with van der Waals surface area (Å²) < 4.78 is 10.9. The summed E-state index contributed by atoms with van der Waals surface area (Å²) in [6.07, 6.45) is 1.50. The molecule has 10 nitrogen and oxygen atoms in total. The summed E-state index contributed by atoms with van der Waals surface area (Å²) >= 11 is 0. The van der Waals surface area contributed by atoms with Crippen LogP contribution in [0.4, 0.5) is 11.4 Å². The van der Waals surface area contributed by atoms with E-state index in [1.807, 2.05) is 11.0 Å². The van der Waals surface area contributed by atoms with Gasteiger partial charge in [0.1, 0.15) is 11.3 Å². The van der Waals surface area contributed by atoms with Gasteiger partial charge in [0.25, 0.3) is 11.6 Å². The lowest BCUT2D eigenvalue weighted by atomic mass is 10.2. The molecular weight excluding hydrogens is 440 g/mol. The summed E-state index contributed by atoms with van der Waals surface area (Å²) in [5.74, 6) is -0.372. The zero-order valence-electron chi connectivity index (χ0n) is 18.2. The fourth-order valence-electron chi connectivity index (χ4n) is 3.52. The van der Waals surface area contributed by atoms with Crippen molar-refractivity contribution >= 4 is 23.3 Å². The molecule has 1 aliphatic heterocycles. The molecule has 0 spiro atoms. The molecule has 10 heteroatoms. The number of pyridine rings is 1. The first-order chi connectivity index (χ1) is 16.5. The Labute approximate surface area is 195 Å². The Morgan fingerprint density at radius 2 is 1.65 bits per heavy atom. The zero-order chi connectivity index (χ0) is 23.9. The quantitative estimate of drug-likeness (QED) is 0.298. The Kier molecular flexibility index (Phi) is 6.97. The van der Waals surface area contributed by atoms with E-state index in [2.05, 4.69) is 4.98 Å². The lowest BCUT2D eigenvalue weighted by molar-refractivity contribution is -0.384. The highest BCUT2D eigenvalue weighted by atomic mass is 16.6. The number of carbonyl (C=O) groups excluding carboxylic acids is 2. The third-order valence-electron chi connectivity index (χ3n) is 5.33. The Balaban J connectivity index is 1.29. The second-order valence-electron chi connectivity index (χ2n) is 7.49. The molecule has 34 heavy (non-hydrogen) atoms. The van der Waals surface area contributed by atoms with Gasteiger partial charge in [-0.15, -0.1) is 0 Å². The van der Waals surface area contributed by atoms with E-state index >= 15 is 0 Å². The molecule has 0 bridgehead atoms. The molecule has 1 amide bonds. The molecule has 1 saturated heterocycles. The Morgan fingerprint density at radius 3 is 2.32 bits per heavy atom. The number of amides is 1. The number of piperazine rings is 1. The molecule has 0 aliphatic carbocycles. The first-order valence-corrected chi connectivity index (χ1v) is 10.6. The Morgan fingerprint density at radius 1 is 0.941 bits per heavy atom. The minimum atomic E-state index is -0.697. The number of nitro groups is 1. The van der Waals surface area contributed by atoms with Crippen LogP contribution < -0.4 is 9.64 Å². The highest BCUT2D eigenvalue weighted by Crippen LogP contribution is 2.23. The van der Waals surface area contributed by atoms with E-state index in [0.717, 1.165) is 5.69 Å². The normalized spacial score (nSPS) is 13.3. The summed E-state index contributed by atoms with van der Waals surface area (Å²) in [4.78, 5) is 43.3. The summed E-state index contributed by atoms with van der Waals surface area (Å²) in [6, 6.07) is 18.4. The Bertz CT molecular complexity index is 1160. The van der Waals surface area contributed by atoms with Gasteiger partial charge in [-0.2, -0.15) is 0 Å². The topological polar surface area (TPSA) is 115 Å². The number of non-ortho nitro benzene ring substituents is 1. The van der Waals surface area contributed by atoms with Crippen LogP contribution >= 0.6 is 0 Å². The third kappa shape index (κ3) is 5.47. The van der Waals surface area contributed by atoms with E-state index in [-0.39, 0.29) is 23.0 Å². The van der Waals surface area contributed by atoms with E-state index < -0.39 is 17.5 Å². The predicted molar refractivity (Wildman–Crippen MR) is 123 cm³/mol. The number of anilines is 1. The largest absolute Gasteiger partial charge is 0.452 e. The minimum Gasteiger partial charge on any atom is -0.452 e. The number of aromatic nitrogens is 1. The smallest absolute Gasteiger partial charge is 0.344 e. The number of hydrogen-bond donors (Lipinski definition) is 0. The van der Waals surface area contributed by atoms with E-state index in [0.29, 0.717) is 31.9 Å². The lowest BCUT2D eigenvalue weighted by Crippen LogP contribution is -2.49. The number of hydrogen-bond acceptors (Lipinski definition) is 8. The number of nitro benzene ring substituents is 1. The SMILES string of the molecule is O=C(OCC(=O)N1CCN(c2ccc([N+](=O)[O-])cc2)CC1)c1cccnc1Oc1ccccc1. The van der Waals surface area contributed by atoms with E-state index in [1.54, 1.807) is 47.4 Å². The molecule has 2 heterocycles. The van der Waals surface area contributed by atoms with E-state index in [9.17, 15) is 19.7 Å². The van der Waals surface area contributed by atoms with Gasteiger partial charge in [-0.05, 0) is 36.4 Å². The Hall–Kier alpha value is -4.47. The molecule has 1 fully saturated rings.